The van der Waals surface area contributed by atoms with Crippen LogP contribution in [-0.2, 0) is 0 Å². The standard InChI is InChI=1S/C10H11Cl7/c11-1-9(2-12)4-5(14)7(16)10(9,3-13)8(17)6(4)15/h4-8H,1-3H2/t4?,5-,6-,7+,8+,10?/m1/s1. The summed E-state index contributed by atoms with van der Waals surface area (Å²) in [7, 11) is 0. The van der Waals surface area contributed by atoms with Gasteiger partial charge in [0.2, 0.25) is 0 Å². The van der Waals surface area contributed by atoms with Crippen molar-refractivity contribution in [1.29, 1.82) is 0 Å². The Balaban J connectivity index is 2.60. The normalized spacial score (nSPS) is 52.1. The number of hydrogen-bond acceptors (Lipinski definition) is 0. The molecule has 0 unspecified atom stereocenters. The molecule has 100 valence electrons. The molecule has 0 saturated heterocycles. The van der Waals surface area contributed by atoms with Crippen molar-refractivity contribution in [2.45, 2.75) is 21.5 Å². The van der Waals surface area contributed by atoms with Crippen molar-refractivity contribution in [3.8, 4) is 0 Å². The van der Waals surface area contributed by atoms with E-state index in [2.05, 4.69) is 0 Å². The van der Waals surface area contributed by atoms with Crippen molar-refractivity contribution >= 4 is 81.2 Å². The average Bonchev–Trinajstić information content (AvgIpc) is 2.65. The quantitative estimate of drug-likeness (QED) is 0.621. The average molecular weight is 379 g/mol. The van der Waals surface area contributed by atoms with Crippen molar-refractivity contribution < 1.29 is 0 Å². The number of fused-ring (bicyclic) bond motifs is 2. The Morgan fingerprint density at radius 2 is 1.12 bits per heavy atom. The molecule has 0 N–H and O–H groups in total. The third kappa shape index (κ3) is 1.59. The van der Waals surface area contributed by atoms with E-state index in [0.717, 1.165) is 0 Å². The predicted molar refractivity (Wildman–Crippen MR) is 79.1 cm³/mol. The Morgan fingerprint density at radius 3 is 1.35 bits per heavy atom. The summed E-state index contributed by atoms with van der Waals surface area (Å²) in [4.78, 5) is 0. The van der Waals surface area contributed by atoms with Crippen molar-refractivity contribution in [2.24, 2.45) is 16.7 Å². The van der Waals surface area contributed by atoms with E-state index in [-0.39, 0.29) is 33.3 Å². The molecule has 2 aliphatic carbocycles. The number of halogens is 7. The Bertz CT molecular complexity index is 287. The molecule has 0 aromatic carbocycles. The second-order valence-corrected chi connectivity index (χ2v) is 7.57. The molecule has 7 heteroatoms. The molecule has 2 fully saturated rings. The summed E-state index contributed by atoms with van der Waals surface area (Å²) in [5.41, 5.74) is -1.10. The van der Waals surface area contributed by atoms with E-state index in [9.17, 15) is 0 Å². The van der Waals surface area contributed by atoms with Crippen LogP contribution in [0, 0.1) is 16.7 Å². The first kappa shape index (κ1) is 15.4. The third-order valence-corrected chi connectivity index (χ3v) is 8.52. The lowest BCUT2D eigenvalue weighted by molar-refractivity contribution is 0.170. The second kappa shape index (κ2) is 5.10. The third-order valence-electron chi connectivity index (χ3n) is 4.49. The van der Waals surface area contributed by atoms with Crippen LogP contribution < -0.4 is 0 Å². The Morgan fingerprint density at radius 1 is 0.706 bits per heavy atom. The minimum absolute atomic E-state index is 0.107. The van der Waals surface area contributed by atoms with Crippen molar-refractivity contribution in [1.82, 2.24) is 0 Å². The molecule has 17 heavy (non-hydrogen) atoms. The molecule has 4 atom stereocenters. The minimum atomic E-state index is -0.606. The highest BCUT2D eigenvalue weighted by Gasteiger charge is 2.77. The topological polar surface area (TPSA) is 0 Å². The second-order valence-electron chi connectivity index (χ2n) is 4.82. The maximum atomic E-state index is 6.44. The summed E-state index contributed by atoms with van der Waals surface area (Å²) >= 11 is 44.1. The largest absolute Gasteiger partial charge is 0.126 e. The van der Waals surface area contributed by atoms with E-state index in [0.29, 0.717) is 11.8 Å². The van der Waals surface area contributed by atoms with Gasteiger partial charge in [0.15, 0.2) is 0 Å². The summed E-state index contributed by atoms with van der Waals surface area (Å²) in [6, 6.07) is 0. The van der Waals surface area contributed by atoms with Crippen molar-refractivity contribution in [3.05, 3.63) is 0 Å². The van der Waals surface area contributed by atoms with Crippen molar-refractivity contribution in [2.75, 3.05) is 17.6 Å². The maximum absolute atomic E-state index is 6.44. The maximum Gasteiger partial charge on any atom is 0.0591 e. The van der Waals surface area contributed by atoms with Gasteiger partial charge in [-0.3, -0.25) is 0 Å². The van der Waals surface area contributed by atoms with Crippen molar-refractivity contribution in [3.63, 3.8) is 0 Å². The first-order chi connectivity index (χ1) is 7.94. The highest BCUT2D eigenvalue weighted by molar-refractivity contribution is 6.38. The predicted octanol–water partition coefficient (Wildman–Crippen LogP) is 4.75. The first-order valence-corrected chi connectivity index (χ1v) is 8.53. The van der Waals surface area contributed by atoms with Gasteiger partial charge in [-0.15, -0.1) is 81.2 Å². The highest BCUT2D eigenvalue weighted by Crippen LogP contribution is 2.72. The van der Waals surface area contributed by atoms with Gasteiger partial charge in [-0.05, 0) is 0 Å². The van der Waals surface area contributed by atoms with Crippen LogP contribution in [0.1, 0.15) is 0 Å². The molecule has 0 amide bonds. The summed E-state index contributed by atoms with van der Waals surface area (Å²) in [6.07, 6.45) is 0. The van der Waals surface area contributed by atoms with Crippen LogP contribution in [0.3, 0.4) is 0 Å². The molecule has 0 heterocycles. The molecule has 2 rings (SSSR count). The van der Waals surface area contributed by atoms with Crippen LogP contribution in [0.25, 0.3) is 0 Å². The van der Waals surface area contributed by atoms with Crippen LogP contribution in [0.5, 0.6) is 0 Å². The van der Waals surface area contributed by atoms with Crippen LogP contribution in [0.2, 0.25) is 0 Å². The monoisotopic (exact) mass is 376 g/mol. The molecule has 0 radical (unpaired) electrons. The van der Waals surface area contributed by atoms with Crippen LogP contribution in [0.4, 0.5) is 0 Å². The van der Waals surface area contributed by atoms with Gasteiger partial charge in [0, 0.05) is 34.4 Å². The molecule has 0 nitrogen and oxygen atoms in total. The Kier molecular flexibility index (Phi) is 4.62. The van der Waals surface area contributed by atoms with Crippen LogP contribution >= 0.6 is 81.2 Å². The zero-order chi connectivity index (χ0) is 13.0. The van der Waals surface area contributed by atoms with E-state index in [1.807, 2.05) is 0 Å². The van der Waals surface area contributed by atoms with Crippen LogP contribution in [-0.4, -0.2) is 39.1 Å². The number of hydrogen-bond donors (Lipinski definition) is 0. The van der Waals surface area contributed by atoms with E-state index in [4.69, 9.17) is 81.2 Å². The lowest BCUT2D eigenvalue weighted by Gasteiger charge is -2.43. The van der Waals surface area contributed by atoms with Gasteiger partial charge >= 0.3 is 0 Å². The first-order valence-electron chi connectivity index (χ1n) is 5.18. The van der Waals surface area contributed by atoms with Gasteiger partial charge in [0.25, 0.3) is 0 Å². The van der Waals surface area contributed by atoms with Gasteiger partial charge in [-0.25, -0.2) is 0 Å². The lowest BCUT2D eigenvalue weighted by Crippen LogP contribution is -2.51. The molecule has 0 spiro atoms. The molecule has 2 saturated carbocycles. The molecule has 0 aromatic heterocycles. The SMILES string of the molecule is ClCC1(CCl)C2[C@@H](Cl)[C@H](Cl)C1(CCl)[C@@H](Cl)[C@@H]2Cl. The highest BCUT2D eigenvalue weighted by atomic mass is 35.5. The summed E-state index contributed by atoms with van der Waals surface area (Å²) in [5, 5.41) is -1.32. The number of alkyl halides is 7. The van der Waals surface area contributed by atoms with Gasteiger partial charge in [-0.1, -0.05) is 0 Å². The Labute approximate surface area is 136 Å². The summed E-state index contributed by atoms with van der Waals surface area (Å²) in [6.45, 7) is 0. The molecular weight excluding hydrogens is 368 g/mol. The van der Waals surface area contributed by atoms with E-state index >= 15 is 0 Å². The van der Waals surface area contributed by atoms with Gasteiger partial charge < -0.3 is 0 Å². The van der Waals surface area contributed by atoms with Gasteiger partial charge in [-0.2, -0.15) is 0 Å². The van der Waals surface area contributed by atoms with Gasteiger partial charge in [0.05, 0.1) is 21.5 Å². The zero-order valence-corrected chi connectivity index (χ0v) is 13.9. The lowest BCUT2D eigenvalue weighted by atomic mass is 9.70. The molecule has 2 aliphatic rings. The number of rotatable bonds is 3. The summed E-state index contributed by atoms with van der Waals surface area (Å²) < 4.78 is 0. The fraction of sp³-hybridized carbons (Fsp3) is 1.00. The molecular formula is C10H11Cl7. The van der Waals surface area contributed by atoms with E-state index in [1.165, 1.54) is 0 Å². The Hall–Kier alpha value is 2.03. The molecule has 0 aromatic rings. The minimum Gasteiger partial charge on any atom is -0.126 e. The fourth-order valence-electron chi connectivity index (χ4n) is 3.47. The molecule has 0 aliphatic heterocycles. The zero-order valence-electron chi connectivity index (χ0n) is 8.65. The van der Waals surface area contributed by atoms with Gasteiger partial charge in [0.1, 0.15) is 0 Å². The fourth-order valence-corrected chi connectivity index (χ4v) is 7.93. The van der Waals surface area contributed by atoms with E-state index < -0.39 is 10.8 Å². The smallest absolute Gasteiger partial charge is 0.0591 e. The summed E-state index contributed by atoms with van der Waals surface area (Å²) in [5.74, 6) is 0.779. The van der Waals surface area contributed by atoms with E-state index in [1.54, 1.807) is 0 Å². The van der Waals surface area contributed by atoms with Crippen LogP contribution in [0.15, 0.2) is 0 Å². The molecule has 2 bridgehead atoms.